The predicted octanol–water partition coefficient (Wildman–Crippen LogP) is 2.85. The van der Waals surface area contributed by atoms with Crippen LogP contribution in [0.3, 0.4) is 0 Å². The summed E-state index contributed by atoms with van der Waals surface area (Å²) in [5.41, 5.74) is 1.32. The summed E-state index contributed by atoms with van der Waals surface area (Å²) >= 11 is 0. The molecule has 0 saturated heterocycles. The Labute approximate surface area is 69.5 Å². The van der Waals surface area contributed by atoms with E-state index in [2.05, 4.69) is 31.0 Å². The van der Waals surface area contributed by atoms with Crippen molar-refractivity contribution in [3.63, 3.8) is 0 Å². The fourth-order valence-electron chi connectivity index (χ4n) is 0.794. The van der Waals surface area contributed by atoms with Crippen LogP contribution in [-0.2, 0) is 0 Å². The fourth-order valence-corrected chi connectivity index (χ4v) is 0.794. The van der Waals surface area contributed by atoms with E-state index in [9.17, 15) is 0 Å². The van der Waals surface area contributed by atoms with Crippen LogP contribution in [-0.4, -0.2) is 13.3 Å². The highest BCUT2D eigenvalue weighted by Gasteiger charge is 1.95. The summed E-state index contributed by atoms with van der Waals surface area (Å²) in [7, 11) is 1.78. The minimum Gasteiger partial charge on any atom is -0.297 e. The van der Waals surface area contributed by atoms with Gasteiger partial charge in [0.15, 0.2) is 0 Å². The number of hydrogen-bond acceptors (Lipinski definition) is 1. The Morgan fingerprint density at radius 3 is 2.36 bits per heavy atom. The van der Waals surface area contributed by atoms with Crippen LogP contribution < -0.4 is 0 Å². The van der Waals surface area contributed by atoms with E-state index in [1.165, 1.54) is 5.57 Å². The maximum atomic E-state index is 3.90. The smallest absolute Gasteiger partial charge is 0.0277 e. The van der Waals surface area contributed by atoms with Gasteiger partial charge >= 0.3 is 0 Å². The summed E-state index contributed by atoms with van der Waals surface area (Å²) in [5.74, 6) is 0.573. The minimum absolute atomic E-state index is 0.573. The molecule has 0 fully saturated rings. The van der Waals surface area contributed by atoms with Crippen LogP contribution in [0.1, 0.15) is 20.8 Å². The zero-order valence-electron chi connectivity index (χ0n) is 7.83. The number of allylic oxidation sites excluding steroid dienone is 4. The molecule has 62 valence electrons. The minimum atomic E-state index is 0.573. The van der Waals surface area contributed by atoms with E-state index < -0.39 is 0 Å². The Morgan fingerprint density at radius 1 is 1.36 bits per heavy atom. The second kappa shape index (κ2) is 5.90. The largest absolute Gasteiger partial charge is 0.297 e. The molecule has 0 spiro atoms. The van der Waals surface area contributed by atoms with Gasteiger partial charge in [0.2, 0.25) is 0 Å². The van der Waals surface area contributed by atoms with Gasteiger partial charge in [-0.3, -0.25) is 4.99 Å². The second-order valence-electron chi connectivity index (χ2n) is 2.73. The van der Waals surface area contributed by atoms with Gasteiger partial charge in [0, 0.05) is 13.3 Å². The third kappa shape index (κ3) is 4.54. The van der Waals surface area contributed by atoms with Gasteiger partial charge < -0.3 is 0 Å². The molecule has 0 aliphatic heterocycles. The molecule has 0 aromatic rings. The fraction of sp³-hybridized carbons (Fsp3) is 0.500. The monoisotopic (exact) mass is 151 g/mol. The first kappa shape index (κ1) is 10.2. The average Bonchev–Trinajstić information content (AvgIpc) is 1.97. The molecule has 0 amide bonds. The van der Waals surface area contributed by atoms with Crippen LogP contribution in [0.5, 0.6) is 0 Å². The van der Waals surface area contributed by atoms with E-state index in [-0.39, 0.29) is 0 Å². The van der Waals surface area contributed by atoms with Gasteiger partial charge in [-0.2, -0.15) is 0 Å². The van der Waals surface area contributed by atoms with Crippen molar-refractivity contribution in [3.05, 3.63) is 23.8 Å². The third-order valence-electron chi connectivity index (χ3n) is 1.44. The summed E-state index contributed by atoms with van der Waals surface area (Å²) < 4.78 is 0. The molecule has 0 aliphatic rings. The van der Waals surface area contributed by atoms with Crippen LogP contribution in [0.4, 0.5) is 0 Å². The summed E-state index contributed by atoms with van der Waals surface area (Å²) in [6, 6.07) is 0. The Kier molecular flexibility index (Phi) is 5.44. The highest BCUT2D eigenvalue weighted by Crippen LogP contribution is 2.09. The Morgan fingerprint density at radius 2 is 2.00 bits per heavy atom. The summed E-state index contributed by atoms with van der Waals surface area (Å²) in [6.45, 7) is 6.38. The lowest BCUT2D eigenvalue weighted by Crippen LogP contribution is -1.90. The number of rotatable bonds is 3. The zero-order chi connectivity index (χ0) is 8.69. The molecule has 0 rings (SSSR count). The maximum Gasteiger partial charge on any atom is 0.0277 e. The average molecular weight is 151 g/mol. The van der Waals surface area contributed by atoms with Crippen LogP contribution in [0.25, 0.3) is 0 Å². The summed E-state index contributed by atoms with van der Waals surface area (Å²) in [4.78, 5) is 3.90. The van der Waals surface area contributed by atoms with Crippen molar-refractivity contribution in [1.82, 2.24) is 0 Å². The summed E-state index contributed by atoms with van der Waals surface area (Å²) in [6.07, 6.45) is 8.04. The van der Waals surface area contributed by atoms with Gasteiger partial charge in [0.05, 0.1) is 0 Å². The molecule has 0 saturated carbocycles. The molecular weight excluding hydrogens is 134 g/mol. The lowest BCUT2D eigenvalue weighted by molar-refractivity contribution is 0.793. The molecule has 0 aromatic carbocycles. The molecular formula is C10H17N. The zero-order valence-corrected chi connectivity index (χ0v) is 7.83. The van der Waals surface area contributed by atoms with Crippen LogP contribution >= 0.6 is 0 Å². The van der Waals surface area contributed by atoms with Gasteiger partial charge in [-0.1, -0.05) is 26.0 Å². The quantitative estimate of drug-likeness (QED) is 0.434. The first-order valence-corrected chi connectivity index (χ1v) is 3.97. The Hall–Kier alpha value is -0.850. The first-order valence-electron chi connectivity index (χ1n) is 3.97. The predicted molar refractivity (Wildman–Crippen MR) is 52.2 cm³/mol. The van der Waals surface area contributed by atoms with E-state index in [0.29, 0.717) is 5.92 Å². The van der Waals surface area contributed by atoms with Crippen molar-refractivity contribution in [2.45, 2.75) is 20.8 Å². The molecule has 0 atom stereocenters. The van der Waals surface area contributed by atoms with E-state index in [0.717, 1.165) is 0 Å². The van der Waals surface area contributed by atoms with Crippen LogP contribution in [0.15, 0.2) is 28.8 Å². The number of hydrogen-bond donors (Lipinski definition) is 0. The highest BCUT2D eigenvalue weighted by atomic mass is 14.6. The maximum absolute atomic E-state index is 3.90. The molecule has 0 bridgehead atoms. The lowest BCUT2D eigenvalue weighted by Gasteiger charge is -2.03. The van der Waals surface area contributed by atoms with Crippen molar-refractivity contribution in [1.29, 1.82) is 0 Å². The molecule has 11 heavy (non-hydrogen) atoms. The Bertz CT molecular complexity index is 173. The van der Waals surface area contributed by atoms with Gasteiger partial charge in [-0.05, 0) is 24.5 Å². The molecule has 0 aromatic heterocycles. The molecule has 0 aliphatic carbocycles. The molecule has 1 heteroatoms. The standard InChI is InChI=1S/C10H17N/c1-5-6-10(9(2)3)7-8-11-4/h5-9H,1-4H3/b6-5-,10-7+,11-8?. The van der Waals surface area contributed by atoms with E-state index >= 15 is 0 Å². The van der Waals surface area contributed by atoms with Gasteiger partial charge in [0.1, 0.15) is 0 Å². The molecule has 0 radical (unpaired) electrons. The molecule has 0 unspecified atom stereocenters. The van der Waals surface area contributed by atoms with E-state index in [1.807, 2.05) is 19.2 Å². The van der Waals surface area contributed by atoms with Crippen LogP contribution in [0.2, 0.25) is 0 Å². The number of aliphatic imine (C=N–C) groups is 1. The molecule has 1 nitrogen and oxygen atoms in total. The molecule has 0 heterocycles. The SMILES string of the molecule is C/C=C\C(=C/C=NC)C(C)C. The normalized spacial score (nSPS) is 14.1. The first-order chi connectivity index (χ1) is 5.22. The van der Waals surface area contributed by atoms with Gasteiger partial charge in [-0.25, -0.2) is 0 Å². The molecule has 0 N–H and O–H groups in total. The number of nitrogens with zero attached hydrogens (tertiary/aromatic N) is 1. The van der Waals surface area contributed by atoms with Gasteiger partial charge in [-0.15, -0.1) is 0 Å². The highest BCUT2D eigenvalue weighted by molar-refractivity contribution is 5.72. The third-order valence-corrected chi connectivity index (χ3v) is 1.44. The van der Waals surface area contributed by atoms with Gasteiger partial charge in [0.25, 0.3) is 0 Å². The Balaban J connectivity index is 4.32. The van der Waals surface area contributed by atoms with Crippen molar-refractivity contribution < 1.29 is 0 Å². The lowest BCUT2D eigenvalue weighted by atomic mass is 10.0. The van der Waals surface area contributed by atoms with E-state index in [4.69, 9.17) is 0 Å². The topological polar surface area (TPSA) is 12.4 Å². The van der Waals surface area contributed by atoms with Crippen molar-refractivity contribution in [2.24, 2.45) is 10.9 Å². The van der Waals surface area contributed by atoms with Crippen molar-refractivity contribution >= 4 is 6.21 Å². The second-order valence-corrected chi connectivity index (χ2v) is 2.73. The van der Waals surface area contributed by atoms with E-state index in [1.54, 1.807) is 7.05 Å². The van der Waals surface area contributed by atoms with Crippen LogP contribution in [0, 0.1) is 5.92 Å². The summed E-state index contributed by atoms with van der Waals surface area (Å²) in [5, 5.41) is 0. The van der Waals surface area contributed by atoms with Crippen molar-refractivity contribution in [2.75, 3.05) is 7.05 Å². The van der Waals surface area contributed by atoms with Crippen molar-refractivity contribution in [3.8, 4) is 0 Å².